The number of ether oxygens (including phenoxy) is 1. The summed E-state index contributed by atoms with van der Waals surface area (Å²) in [7, 11) is 4.28. The van der Waals surface area contributed by atoms with Crippen LogP contribution in [0.25, 0.3) is 0 Å². The van der Waals surface area contributed by atoms with Gasteiger partial charge in [0, 0.05) is 0 Å². The van der Waals surface area contributed by atoms with Crippen LogP contribution < -0.4 is 4.74 Å². The third-order valence-corrected chi connectivity index (χ3v) is 4.01. The lowest BCUT2D eigenvalue weighted by molar-refractivity contribution is -0.890. The number of unbranched alkanes of at least 4 members (excludes halogenated alkanes) is 1. The van der Waals surface area contributed by atoms with Crippen molar-refractivity contribution in [1.29, 1.82) is 0 Å². The van der Waals surface area contributed by atoms with Crippen molar-refractivity contribution in [2.24, 2.45) is 10.2 Å². The van der Waals surface area contributed by atoms with E-state index >= 15 is 0 Å². The van der Waals surface area contributed by atoms with Crippen LogP contribution in [0.15, 0.2) is 64.8 Å². The van der Waals surface area contributed by atoms with E-state index in [1.807, 2.05) is 54.6 Å². The lowest BCUT2D eigenvalue weighted by Gasteiger charge is -2.28. The molecule has 0 aliphatic carbocycles. The predicted octanol–water partition coefficient (Wildman–Crippen LogP) is 4.33. The molecule has 0 radical (unpaired) electrons. The molecule has 0 unspecified atom stereocenters. The molecular weight excluding hydrogens is 314 g/mol. The molecule has 0 aromatic heterocycles. The zero-order valence-corrected chi connectivity index (χ0v) is 15.1. The number of likely N-dealkylation sites (N-methyl/N-ethyl adjacent to an activating group) is 1. The molecule has 0 bridgehead atoms. The Kier molecular flexibility index (Phi) is 7.57. The molecule has 0 amide bonds. The van der Waals surface area contributed by atoms with Crippen LogP contribution in [0.1, 0.15) is 12.8 Å². The molecule has 25 heavy (non-hydrogen) atoms. The number of azo groups is 1. The van der Waals surface area contributed by atoms with E-state index < -0.39 is 0 Å². The van der Waals surface area contributed by atoms with Gasteiger partial charge < -0.3 is 14.3 Å². The van der Waals surface area contributed by atoms with Crippen molar-refractivity contribution < 1.29 is 14.3 Å². The van der Waals surface area contributed by atoms with Gasteiger partial charge in [-0.15, -0.1) is 0 Å². The highest BCUT2D eigenvalue weighted by molar-refractivity contribution is 5.42. The Morgan fingerprint density at radius 2 is 1.48 bits per heavy atom. The van der Waals surface area contributed by atoms with Crippen molar-refractivity contribution in [3.63, 3.8) is 0 Å². The molecular formula is C20H28N3O2+. The van der Waals surface area contributed by atoms with Gasteiger partial charge >= 0.3 is 0 Å². The Morgan fingerprint density at radius 1 is 0.840 bits per heavy atom. The van der Waals surface area contributed by atoms with Crippen LogP contribution >= 0.6 is 0 Å². The molecule has 134 valence electrons. The van der Waals surface area contributed by atoms with E-state index in [9.17, 15) is 0 Å². The van der Waals surface area contributed by atoms with Gasteiger partial charge in [0.2, 0.25) is 0 Å². The third-order valence-electron chi connectivity index (χ3n) is 4.01. The number of nitrogens with zero attached hydrogens (tertiary/aromatic N) is 3. The van der Waals surface area contributed by atoms with Gasteiger partial charge in [0.1, 0.15) is 12.3 Å². The fourth-order valence-electron chi connectivity index (χ4n) is 2.43. The molecule has 0 aliphatic heterocycles. The van der Waals surface area contributed by atoms with Crippen molar-refractivity contribution in [1.82, 2.24) is 0 Å². The third kappa shape index (κ3) is 7.45. The maximum atomic E-state index is 9.02. The lowest BCUT2D eigenvalue weighted by Crippen LogP contribution is -2.42. The summed E-state index contributed by atoms with van der Waals surface area (Å²) >= 11 is 0. The maximum absolute atomic E-state index is 9.02. The highest BCUT2D eigenvalue weighted by Gasteiger charge is 2.12. The maximum Gasteiger partial charge on any atom is 0.119 e. The fraction of sp³-hybridized carbons (Fsp3) is 0.400. The van der Waals surface area contributed by atoms with E-state index in [4.69, 9.17) is 9.84 Å². The Balaban J connectivity index is 1.71. The quantitative estimate of drug-likeness (QED) is 0.397. The van der Waals surface area contributed by atoms with Crippen LogP contribution in [0, 0.1) is 0 Å². The Hall–Kier alpha value is -2.24. The number of rotatable bonds is 10. The highest BCUT2D eigenvalue weighted by Crippen LogP contribution is 2.21. The van der Waals surface area contributed by atoms with Crippen LogP contribution in [0.2, 0.25) is 0 Å². The summed E-state index contributed by atoms with van der Waals surface area (Å²) in [6, 6.07) is 17.3. The van der Waals surface area contributed by atoms with E-state index in [1.54, 1.807) is 0 Å². The van der Waals surface area contributed by atoms with E-state index in [1.165, 1.54) is 0 Å². The number of quaternary nitrogens is 1. The predicted molar refractivity (Wildman–Crippen MR) is 101 cm³/mol. The first kappa shape index (κ1) is 19.1. The van der Waals surface area contributed by atoms with Crippen molar-refractivity contribution in [2.45, 2.75) is 12.8 Å². The van der Waals surface area contributed by atoms with Crippen molar-refractivity contribution in [3.05, 3.63) is 54.6 Å². The van der Waals surface area contributed by atoms with Crippen LogP contribution in [-0.4, -0.2) is 50.0 Å². The molecule has 5 heteroatoms. The van der Waals surface area contributed by atoms with Crippen molar-refractivity contribution in [2.75, 3.05) is 40.4 Å². The van der Waals surface area contributed by atoms with Gasteiger partial charge in [0.05, 0.1) is 45.2 Å². The topological polar surface area (TPSA) is 54.2 Å². The standard InChI is InChI=1S/C20H28N3O2/c1-23(2,15-16-24)14-6-7-17-25-20-12-10-19(11-13-20)22-21-18-8-4-3-5-9-18/h3-5,8-13,24H,6-7,14-17H2,1-2H3/q+1. The number of aliphatic hydroxyl groups excluding tert-OH is 1. The van der Waals surface area contributed by atoms with Gasteiger partial charge in [-0.2, -0.15) is 10.2 Å². The number of hydrogen-bond donors (Lipinski definition) is 1. The van der Waals surface area contributed by atoms with Gasteiger partial charge in [-0.1, -0.05) is 18.2 Å². The molecule has 0 atom stereocenters. The summed E-state index contributed by atoms with van der Waals surface area (Å²) in [5, 5.41) is 17.4. The smallest absolute Gasteiger partial charge is 0.119 e. The molecule has 0 fully saturated rings. The van der Waals surface area contributed by atoms with E-state index in [-0.39, 0.29) is 6.61 Å². The molecule has 0 heterocycles. The minimum atomic E-state index is 0.234. The molecule has 0 aliphatic rings. The van der Waals surface area contributed by atoms with Gasteiger partial charge in [-0.05, 0) is 49.2 Å². The number of hydrogen-bond acceptors (Lipinski definition) is 4. The molecule has 0 saturated heterocycles. The monoisotopic (exact) mass is 342 g/mol. The second-order valence-electron chi connectivity index (χ2n) is 6.69. The zero-order valence-electron chi connectivity index (χ0n) is 15.1. The number of benzene rings is 2. The molecule has 2 aromatic rings. The van der Waals surface area contributed by atoms with Gasteiger partial charge in [0.25, 0.3) is 0 Å². The molecule has 2 aromatic carbocycles. The average Bonchev–Trinajstić information content (AvgIpc) is 2.61. The Labute approximate surface area is 150 Å². The fourth-order valence-corrected chi connectivity index (χ4v) is 2.43. The normalized spacial score (nSPS) is 11.8. The molecule has 1 N–H and O–H groups in total. The van der Waals surface area contributed by atoms with Gasteiger partial charge in [-0.25, -0.2) is 0 Å². The van der Waals surface area contributed by atoms with Crippen LogP contribution in [0.4, 0.5) is 11.4 Å². The van der Waals surface area contributed by atoms with Crippen LogP contribution in [0.5, 0.6) is 5.75 Å². The largest absolute Gasteiger partial charge is 0.494 e. The summed E-state index contributed by atoms with van der Waals surface area (Å²) in [5.41, 5.74) is 1.64. The molecule has 5 nitrogen and oxygen atoms in total. The molecule has 2 rings (SSSR count). The van der Waals surface area contributed by atoms with E-state index in [0.29, 0.717) is 6.61 Å². The van der Waals surface area contributed by atoms with Gasteiger partial charge in [0.15, 0.2) is 0 Å². The summed E-state index contributed by atoms with van der Waals surface area (Å²) in [5.74, 6) is 0.850. The Bertz CT molecular complexity index is 640. The second kappa shape index (κ2) is 9.91. The summed E-state index contributed by atoms with van der Waals surface area (Å²) in [6.07, 6.45) is 2.08. The summed E-state index contributed by atoms with van der Waals surface area (Å²) in [4.78, 5) is 0. The first-order chi connectivity index (χ1) is 12.1. The second-order valence-corrected chi connectivity index (χ2v) is 6.69. The van der Waals surface area contributed by atoms with E-state index in [2.05, 4.69) is 24.3 Å². The molecule has 0 spiro atoms. The minimum absolute atomic E-state index is 0.234. The first-order valence-corrected chi connectivity index (χ1v) is 8.72. The SMILES string of the molecule is C[N+](C)(CCO)CCCCOc1ccc(N=Nc2ccccc2)cc1. The lowest BCUT2D eigenvalue weighted by atomic mass is 10.2. The van der Waals surface area contributed by atoms with Crippen LogP contribution in [0.3, 0.4) is 0 Å². The van der Waals surface area contributed by atoms with Crippen LogP contribution in [-0.2, 0) is 0 Å². The first-order valence-electron chi connectivity index (χ1n) is 8.72. The van der Waals surface area contributed by atoms with Crippen molar-refractivity contribution in [3.8, 4) is 5.75 Å². The minimum Gasteiger partial charge on any atom is -0.494 e. The summed E-state index contributed by atoms with van der Waals surface area (Å²) in [6.45, 7) is 2.77. The Morgan fingerprint density at radius 3 is 2.12 bits per heavy atom. The molecule has 0 saturated carbocycles. The van der Waals surface area contributed by atoms with Crippen molar-refractivity contribution >= 4 is 11.4 Å². The average molecular weight is 342 g/mol. The van der Waals surface area contributed by atoms with E-state index in [0.717, 1.165) is 47.5 Å². The number of aliphatic hydroxyl groups is 1. The van der Waals surface area contributed by atoms with Gasteiger partial charge in [-0.3, -0.25) is 0 Å². The zero-order chi connectivity index (χ0) is 18.0. The summed E-state index contributed by atoms with van der Waals surface area (Å²) < 4.78 is 6.61. The highest BCUT2D eigenvalue weighted by atomic mass is 16.5.